The molecule has 0 heterocycles. The fraction of sp³-hybridized carbons (Fsp3) is 0.160. The first-order chi connectivity index (χ1) is 15.8. The van der Waals surface area contributed by atoms with E-state index in [2.05, 4.69) is 16.0 Å². The summed E-state index contributed by atoms with van der Waals surface area (Å²) in [6.45, 7) is 3.14. The normalized spacial score (nSPS) is 11.2. The van der Waals surface area contributed by atoms with E-state index < -0.39 is 29.7 Å². The van der Waals surface area contributed by atoms with Gasteiger partial charge >= 0.3 is 6.03 Å². The van der Waals surface area contributed by atoms with Crippen molar-refractivity contribution < 1.29 is 18.8 Å². The van der Waals surface area contributed by atoms with Crippen molar-refractivity contribution in [2.24, 2.45) is 0 Å². The zero-order valence-electron chi connectivity index (χ0n) is 18.3. The topological polar surface area (TPSA) is 90.5 Å². The van der Waals surface area contributed by atoms with Gasteiger partial charge in [0.1, 0.15) is 11.9 Å². The Morgan fingerprint density at radius 3 is 2.21 bits per heavy atom. The van der Waals surface area contributed by atoms with Crippen molar-refractivity contribution in [1.29, 1.82) is 0 Å². The van der Waals surface area contributed by atoms with E-state index in [-0.39, 0.29) is 12.2 Å². The number of carbonyl (C=O) groups is 3. The first-order valence-electron chi connectivity index (χ1n) is 10.4. The molecule has 0 radical (unpaired) electrons. The molecule has 0 aromatic heterocycles. The maximum atomic E-state index is 13.5. The molecular formula is C25H25FN4O3. The van der Waals surface area contributed by atoms with Gasteiger partial charge in [-0.1, -0.05) is 36.4 Å². The Hall–Kier alpha value is -4.20. The van der Waals surface area contributed by atoms with Crippen molar-refractivity contribution >= 4 is 34.9 Å². The van der Waals surface area contributed by atoms with Gasteiger partial charge in [-0.3, -0.25) is 14.5 Å². The zero-order chi connectivity index (χ0) is 23.8. The monoisotopic (exact) mass is 448 g/mol. The second-order valence-corrected chi connectivity index (χ2v) is 7.45. The average molecular weight is 448 g/mol. The van der Waals surface area contributed by atoms with E-state index in [1.807, 2.05) is 19.1 Å². The van der Waals surface area contributed by atoms with Crippen LogP contribution >= 0.6 is 0 Å². The number of anilines is 3. The molecule has 1 atom stereocenters. The molecule has 0 bridgehead atoms. The quantitative estimate of drug-likeness (QED) is 0.503. The summed E-state index contributed by atoms with van der Waals surface area (Å²) in [6, 6.07) is 19.9. The first-order valence-corrected chi connectivity index (χ1v) is 10.4. The number of aryl methyl sites for hydroxylation is 1. The molecule has 0 saturated heterocycles. The van der Waals surface area contributed by atoms with E-state index in [4.69, 9.17) is 0 Å². The summed E-state index contributed by atoms with van der Waals surface area (Å²) in [5, 5.41) is 7.82. The number of carbonyl (C=O) groups excluding carboxylic acids is 3. The summed E-state index contributed by atoms with van der Waals surface area (Å²) >= 11 is 0. The van der Waals surface area contributed by atoms with Gasteiger partial charge in [0.05, 0.1) is 6.54 Å². The van der Waals surface area contributed by atoms with Crippen LogP contribution in [0.25, 0.3) is 0 Å². The highest BCUT2D eigenvalue weighted by molar-refractivity contribution is 6.06. The number of halogens is 1. The number of rotatable bonds is 7. The molecule has 33 heavy (non-hydrogen) atoms. The lowest BCUT2D eigenvalue weighted by atomic mass is 10.2. The fourth-order valence-electron chi connectivity index (χ4n) is 3.24. The standard InChI is InChI=1S/C25H25FN4O3/c1-17-8-6-10-20(14-17)29-25(33)27-16-23(31)30(22-12-4-3-5-13-22)18(2)24(32)28-21-11-7-9-19(26)15-21/h3-15,18H,16H2,1-2H3,(H,28,32)(H2,27,29,33). The van der Waals surface area contributed by atoms with Crippen LogP contribution in [0, 0.1) is 12.7 Å². The predicted octanol–water partition coefficient (Wildman–Crippen LogP) is 4.32. The van der Waals surface area contributed by atoms with Crippen LogP contribution in [0.5, 0.6) is 0 Å². The Morgan fingerprint density at radius 2 is 1.55 bits per heavy atom. The number of nitrogens with one attached hydrogen (secondary N) is 3. The van der Waals surface area contributed by atoms with E-state index in [9.17, 15) is 18.8 Å². The number of para-hydroxylation sites is 1. The lowest BCUT2D eigenvalue weighted by Gasteiger charge is -2.28. The Bertz CT molecular complexity index is 1140. The Morgan fingerprint density at radius 1 is 0.879 bits per heavy atom. The lowest BCUT2D eigenvalue weighted by molar-refractivity contribution is -0.122. The van der Waals surface area contributed by atoms with Gasteiger partial charge in [0.15, 0.2) is 0 Å². The highest BCUT2D eigenvalue weighted by Crippen LogP contribution is 2.19. The second kappa shape index (κ2) is 10.9. The molecule has 0 aliphatic heterocycles. The maximum Gasteiger partial charge on any atom is 0.319 e. The van der Waals surface area contributed by atoms with Gasteiger partial charge in [0.25, 0.3) is 0 Å². The minimum atomic E-state index is -0.926. The van der Waals surface area contributed by atoms with Crippen LogP contribution in [0.1, 0.15) is 12.5 Å². The third kappa shape index (κ3) is 6.64. The van der Waals surface area contributed by atoms with Crippen LogP contribution in [0.15, 0.2) is 78.9 Å². The van der Waals surface area contributed by atoms with E-state index in [1.165, 1.54) is 23.1 Å². The Kier molecular flexibility index (Phi) is 7.75. The Labute approximate surface area is 191 Å². The molecule has 0 aliphatic rings. The summed E-state index contributed by atoms with van der Waals surface area (Å²) in [6.07, 6.45) is 0. The van der Waals surface area contributed by atoms with Crippen molar-refractivity contribution in [3.8, 4) is 0 Å². The van der Waals surface area contributed by atoms with Gasteiger partial charge in [-0.05, 0) is 61.9 Å². The van der Waals surface area contributed by atoms with Crippen LogP contribution in [-0.4, -0.2) is 30.4 Å². The van der Waals surface area contributed by atoms with Crippen LogP contribution in [0.4, 0.5) is 26.2 Å². The van der Waals surface area contributed by atoms with Crippen LogP contribution in [0.3, 0.4) is 0 Å². The number of hydrogen-bond acceptors (Lipinski definition) is 3. The van der Waals surface area contributed by atoms with Crippen molar-refractivity contribution in [3.05, 3.63) is 90.2 Å². The van der Waals surface area contributed by atoms with E-state index in [0.29, 0.717) is 11.4 Å². The van der Waals surface area contributed by atoms with Gasteiger partial charge in [-0.15, -0.1) is 0 Å². The number of benzene rings is 3. The summed E-state index contributed by atoms with van der Waals surface area (Å²) in [7, 11) is 0. The molecule has 3 aromatic carbocycles. The van der Waals surface area contributed by atoms with Gasteiger partial charge < -0.3 is 16.0 Å². The summed E-state index contributed by atoms with van der Waals surface area (Å²) in [5.74, 6) is -1.47. The smallest absolute Gasteiger partial charge is 0.319 e. The van der Waals surface area contributed by atoms with Crippen molar-refractivity contribution in [1.82, 2.24) is 5.32 Å². The molecular weight excluding hydrogens is 423 g/mol. The maximum absolute atomic E-state index is 13.5. The first kappa shape index (κ1) is 23.5. The molecule has 3 aromatic rings. The zero-order valence-corrected chi connectivity index (χ0v) is 18.3. The fourth-order valence-corrected chi connectivity index (χ4v) is 3.24. The second-order valence-electron chi connectivity index (χ2n) is 7.45. The minimum Gasteiger partial charge on any atom is -0.329 e. The summed E-state index contributed by atoms with van der Waals surface area (Å²) in [5.41, 5.74) is 2.35. The molecule has 1 unspecified atom stereocenters. The number of amides is 4. The van der Waals surface area contributed by atoms with Gasteiger partial charge in [0, 0.05) is 17.1 Å². The van der Waals surface area contributed by atoms with Crippen LogP contribution in [0.2, 0.25) is 0 Å². The Balaban J connectivity index is 1.69. The molecule has 170 valence electrons. The van der Waals surface area contributed by atoms with Crippen LogP contribution < -0.4 is 20.9 Å². The van der Waals surface area contributed by atoms with E-state index in [0.717, 1.165) is 5.56 Å². The van der Waals surface area contributed by atoms with E-state index >= 15 is 0 Å². The van der Waals surface area contributed by atoms with E-state index in [1.54, 1.807) is 55.5 Å². The highest BCUT2D eigenvalue weighted by Gasteiger charge is 2.27. The summed E-state index contributed by atoms with van der Waals surface area (Å²) in [4.78, 5) is 39.4. The van der Waals surface area contributed by atoms with Gasteiger partial charge in [-0.2, -0.15) is 0 Å². The molecule has 0 saturated carbocycles. The predicted molar refractivity (Wildman–Crippen MR) is 127 cm³/mol. The van der Waals surface area contributed by atoms with Crippen molar-refractivity contribution in [2.75, 3.05) is 22.1 Å². The van der Waals surface area contributed by atoms with Crippen LogP contribution in [-0.2, 0) is 9.59 Å². The molecule has 3 rings (SSSR count). The molecule has 0 fully saturated rings. The molecule has 0 aliphatic carbocycles. The lowest BCUT2D eigenvalue weighted by Crippen LogP contribution is -2.50. The molecule has 7 nitrogen and oxygen atoms in total. The minimum absolute atomic E-state index is 0.281. The number of nitrogens with zero attached hydrogens (tertiary/aromatic N) is 1. The average Bonchev–Trinajstić information content (AvgIpc) is 2.78. The number of urea groups is 1. The van der Waals surface area contributed by atoms with Crippen molar-refractivity contribution in [3.63, 3.8) is 0 Å². The molecule has 8 heteroatoms. The van der Waals surface area contributed by atoms with Crippen molar-refractivity contribution in [2.45, 2.75) is 19.9 Å². The molecule has 0 spiro atoms. The van der Waals surface area contributed by atoms with Gasteiger partial charge in [0.2, 0.25) is 11.8 Å². The largest absolute Gasteiger partial charge is 0.329 e. The number of hydrogen-bond donors (Lipinski definition) is 3. The molecule has 3 N–H and O–H groups in total. The van der Waals surface area contributed by atoms with Gasteiger partial charge in [-0.25, -0.2) is 9.18 Å². The third-order valence-electron chi connectivity index (χ3n) is 4.84. The molecule has 4 amide bonds. The third-order valence-corrected chi connectivity index (χ3v) is 4.84. The SMILES string of the molecule is Cc1cccc(NC(=O)NCC(=O)N(c2ccccc2)C(C)C(=O)Nc2cccc(F)c2)c1. The summed E-state index contributed by atoms with van der Waals surface area (Å²) < 4.78 is 13.5. The highest BCUT2D eigenvalue weighted by atomic mass is 19.1.